The van der Waals surface area contributed by atoms with E-state index in [0.29, 0.717) is 23.8 Å². The summed E-state index contributed by atoms with van der Waals surface area (Å²) in [5.74, 6) is -0.321. The van der Waals surface area contributed by atoms with Crippen molar-refractivity contribution in [2.24, 2.45) is 0 Å². The molecule has 4 N–H and O–H groups in total. The molecule has 7 nitrogen and oxygen atoms in total. The third-order valence-electron chi connectivity index (χ3n) is 4.09. The van der Waals surface area contributed by atoms with Gasteiger partial charge in [0.15, 0.2) is 5.11 Å². The van der Waals surface area contributed by atoms with E-state index in [0.717, 1.165) is 16.9 Å². The molecule has 3 aromatic rings. The van der Waals surface area contributed by atoms with Crippen molar-refractivity contribution >= 4 is 34.6 Å². The van der Waals surface area contributed by atoms with Gasteiger partial charge in [-0.2, -0.15) is 0 Å². The monoisotopic (exact) mass is 421 g/mol. The number of para-hydroxylation sites is 2. The van der Waals surface area contributed by atoms with Gasteiger partial charge in [-0.25, -0.2) is 5.48 Å². The fraction of sp³-hybridized carbons (Fsp3) is 0.136. The summed E-state index contributed by atoms with van der Waals surface area (Å²) >= 11 is 5.22. The molecule has 1 amide bonds. The van der Waals surface area contributed by atoms with E-state index in [4.69, 9.17) is 17.1 Å². The third-order valence-corrected chi connectivity index (χ3v) is 4.34. The Labute approximate surface area is 180 Å². The van der Waals surface area contributed by atoms with Gasteiger partial charge in [-0.3, -0.25) is 14.6 Å². The lowest BCUT2D eigenvalue weighted by molar-refractivity contribution is 0.0335. The Morgan fingerprint density at radius 3 is 2.50 bits per heavy atom. The molecular weight excluding hydrogens is 398 g/mol. The van der Waals surface area contributed by atoms with Crippen molar-refractivity contribution in [3.8, 4) is 0 Å². The van der Waals surface area contributed by atoms with Gasteiger partial charge in [0.1, 0.15) is 0 Å². The highest BCUT2D eigenvalue weighted by atomic mass is 32.1. The maximum Gasteiger partial charge on any atom is 0.276 e. The van der Waals surface area contributed by atoms with Gasteiger partial charge in [-0.15, -0.1) is 0 Å². The highest BCUT2D eigenvalue weighted by molar-refractivity contribution is 7.80. The van der Waals surface area contributed by atoms with E-state index in [-0.39, 0.29) is 12.5 Å². The number of anilines is 2. The Kier molecular flexibility index (Phi) is 8.13. The summed E-state index contributed by atoms with van der Waals surface area (Å²) in [6, 6.07) is 20.7. The molecule has 0 aliphatic rings. The van der Waals surface area contributed by atoms with Crippen molar-refractivity contribution in [2.45, 2.75) is 6.54 Å². The molecule has 0 aliphatic carbocycles. The molecule has 2 aromatic carbocycles. The fourth-order valence-corrected chi connectivity index (χ4v) is 2.84. The quantitative estimate of drug-likeness (QED) is 0.239. The molecule has 0 atom stereocenters. The van der Waals surface area contributed by atoms with Crippen molar-refractivity contribution in [1.82, 2.24) is 15.8 Å². The van der Waals surface area contributed by atoms with Gasteiger partial charge < -0.3 is 16.0 Å². The minimum atomic E-state index is -0.321. The van der Waals surface area contributed by atoms with Crippen molar-refractivity contribution in [1.29, 1.82) is 0 Å². The van der Waals surface area contributed by atoms with E-state index in [9.17, 15) is 4.79 Å². The van der Waals surface area contributed by atoms with Gasteiger partial charge in [-0.05, 0) is 54.2 Å². The predicted molar refractivity (Wildman–Crippen MR) is 122 cm³/mol. The van der Waals surface area contributed by atoms with Crippen molar-refractivity contribution in [3.05, 3.63) is 90.3 Å². The van der Waals surface area contributed by atoms with Gasteiger partial charge in [0.2, 0.25) is 0 Å². The number of nitrogens with zero attached hydrogens (tertiary/aromatic N) is 1. The predicted octanol–water partition coefficient (Wildman–Crippen LogP) is 3.34. The first-order chi connectivity index (χ1) is 14.7. The molecule has 30 heavy (non-hydrogen) atoms. The smallest absolute Gasteiger partial charge is 0.276 e. The van der Waals surface area contributed by atoms with Crippen LogP contribution < -0.4 is 21.4 Å². The molecule has 0 aliphatic heterocycles. The number of thiocarbonyl (C=S) groups is 1. The number of pyridine rings is 1. The maximum absolute atomic E-state index is 12.5. The minimum Gasteiger partial charge on any atom is -0.380 e. The Bertz CT molecular complexity index is 954. The van der Waals surface area contributed by atoms with Gasteiger partial charge in [0.05, 0.1) is 12.2 Å². The van der Waals surface area contributed by atoms with Crippen LogP contribution >= 0.6 is 12.2 Å². The Hall–Kier alpha value is -3.49. The number of aromatic nitrogens is 1. The highest BCUT2D eigenvalue weighted by Gasteiger charge is 2.10. The molecule has 3 rings (SSSR count). The largest absolute Gasteiger partial charge is 0.380 e. The number of hydroxylamine groups is 1. The summed E-state index contributed by atoms with van der Waals surface area (Å²) in [6.45, 7) is 1.29. The summed E-state index contributed by atoms with van der Waals surface area (Å²) in [4.78, 5) is 21.8. The Balaban J connectivity index is 1.40. The zero-order chi connectivity index (χ0) is 21.0. The van der Waals surface area contributed by atoms with Crippen LogP contribution in [0.1, 0.15) is 15.9 Å². The van der Waals surface area contributed by atoms with Gasteiger partial charge in [0.25, 0.3) is 5.91 Å². The molecule has 0 radical (unpaired) electrons. The second kappa shape index (κ2) is 11.5. The minimum absolute atomic E-state index is 0.259. The molecule has 0 unspecified atom stereocenters. The average molecular weight is 422 g/mol. The molecule has 8 heteroatoms. The molecule has 0 spiro atoms. The van der Waals surface area contributed by atoms with E-state index in [2.05, 4.69) is 26.4 Å². The Morgan fingerprint density at radius 2 is 1.70 bits per heavy atom. The van der Waals surface area contributed by atoms with E-state index in [1.165, 1.54) is 0 Å². The highest BCUT2D eigenvalue weighted by Crippen LogP contribution is 2.16. The summed E-state index contributed by atoms with van der Waals surface area (Å²) in [6.07, 6.45) is 3.47. The zero-order valence-electron chi connectivity index (χ0n) is 16.3. The molecule has 0 fully saturated rings. The number of nitrogens with one attached hydrogen (secondary N) is 4. The number of hydrogen-bond donors (Lipinski definition) is 4. The first-order valence-corrected chi connectivity index (χ1v) is 9.87. The number of amides is 1. The maximum atomic E-state index is 12.5. The van der Waals surface area contributed by atoms with Crippen molar-refractivity contribution < 1.29 is 9.63 Å². The van der Waals surface area contributed by atoms with Crippen molar-refractivity contribution in [2.75, 3.05) is 23.8 Å². The summed E-state index contributed by atoms with van der Waals surface area (Å²) < 4.78 is 0. The summed E-state index contributed by atoms with van der Waals surface area (Å²) in [5.41, 5.74) is 5.67. The number of hydrogen-bond acceptors (Lipinski definition) is 5. The molecule has 154 valence electrons. The standard InChI is InChI=1S/C22H23N5O2S/c28-21(27-29-15-14-24-22(30)26-18-6-2-1-3-7-18)19-8-4-5-9-20(19)25-16-17-10-12-23-13-11-17/h1-13,25H,14-16H2,(H,27,28)(H2,24,26,30). The number of carbonyl (C=O) groups excluding carboxylic acids is 1. The van der Waals surface area contributed by atoms with Crippen LogP contribution in [0.25, 0.3) is 0 Å². The van der Waals surface area contributed by atoms with Crippen LogP contribution in [0.2, 0.25) is 0 Å². The van der Waals surface area contributed by atoms with Crippen LogP contribution in [-0.4, -0.2) is 29.2 Å². The van der Waals surface area contributed by atoms with Crippen LogP contribution in [0, 0.1) is 0 Å². The Morgan fingerprint density at radius 1 is 0.967 bits per heavy atom. The molecule has 0 saturated carbocycles. The first-order valence-electron chi connectivity index (χ1n) is 9.46. The van der Waals surface area contributed by atoms with Crippen LogP contribution in [0.15, 0.2) is 79.1 Å². The lowest BCUT2D eigenvalue weighted by atomic mass is 10.1. The fourth-order valence-electron chi connectivity index (χ4n) is 2.62. The molecule has 0 saturated heterocycles. The van der Waals surface area contributed by atoms with E-state index < -0.39 is 0 Å². The van der Waals surface area contributed by atoms with Crippen LogP contribution in [-0.2, 0) is 11.4 Å². The first kappa shape index (κ1) is 21.2. The van der Waals surface area contributed by atoms with E-state index >= 15 is 0 Å². The zero-order valence-corrected chi connectivity index (χ0v) is 17.1. The van der Waals surface area contributed by atoms with Crippen LogP contribution in [0.3, 0.4) is 0 Å². The molecule has 0 bridgehead atoms. The average Bonchev–Trinajstić information content (AvgIpc) is 2.79. The van der Waals surface area contributed by atoms with Crippen LogP contribution in [0.5, 0.6) is 0 Å². The lowest BCUT2D eigenvalue weighted by Crippen LogP contribution is -2.34. The third kappa shape index (κ3) is 6.84. The number of carbonyl (C=O) groups is 1. The second-order valence-corrected chi connectivity index (χ2v) is 6.69. The SMILES string of the molecule is O=C(NOCCNC(=S)Nc1ccccc1)c1ccccc1NCc1ccncc1. The lowest BCUT2D eigenvalue weighted by Gasteiger charge is -2.13. The van der Waals surface area contributed by atoms with Crippen LogP contribution in [0.4, 0.5) is 11.4 Å². The normalized spacial score (nSPS) is 10.1. The topological polar surface area (TPSA) is 87.3 Å². The van der Waals surface area contributed by atoms with Gasteiger partial charge in [-0.1, -0.05) is 30.3 Å². The van der Waals surface area contributed by atoms with E-state index in [1.807, 2.05) is 60.7 Å². The molecule has 1 heterocycles. The summed E-state index contributed by atoms with van der Waals surface area (Å²) in [5, 5.41) is 9.84. The molecule has 1 aromatic heterocycles. The number of benzene rings is 2. The van der Waals surface area contributed by atoms with Crippen molar-refractivity contribution in [3.63, 3.8) is 0 Å². The van der Waals surface area contributed by atoms with Gasteiger partial charge in [0, 0.05) is 36.9 Å². The van der Waals surface area contributed by atoms with Gasteiger partial charge >= 0.3 is 0 Å². The summed E-state index contributed by atoms with van der Waals surface area (Å²) in [7, 11) is 0. The second-order valence-electron chi connectivity index (χ2n) is 6.28. The number of rotatable bonds is 9. The molecular formula is C22H23N5O2S. The van der Waals surface area contributed by atoms with E-state index in [1.54, 1.807) is 18.5 Å².